The van der Waals surface area contributed by atoms with Crippen molar-refractivity contribution < 1.29 is 55.0 Å². The molecule has 4 aromatic rings. The molecule has 114 heavy (non-hydrogen) atoms. The highest BCUT2D eigenvalue weighted by Crippen LogP contribution is 2.53. The Morgan fingerprint density at radius 2 is 0.956 bits per heavy atom. The number of piperazine rings is 4. The van der Waals surface area contributed by atoms with Crippen molar-refractivity contribution in [2.75, 3.05) is 155 Å². The number of halogens is 2. The fourth-order valence-corrected chi connectivity index (χ4v) is 24.3. The van der Waals surface area contributed by atoms with E-state index in [2.05, 4.69) is 101 Å². The van der Waals surface area contributed by atoms with Crippen molar-refractivity contribution >= 4 is 78.3 Å². The van der Waals surface area contributed by atoms with Crippen molar-refractivity contribution in [3.05, 3.63) is 166 Å². The van der Waals surface area contributed by atoms with Crippen molar-refractivity contribution in [2.24, 2.45) is 35.5 Å². The van der Waals surface area contributed by atoms with Gasteiger partial charge in [0.1, 0.15) is 22.7 Å². The molecular weight excluding hydrogens is 1520 g/mol. The molecule has 616 valence electrons. The van der Waals surface area contributed by atoms with Crippen LogP contribution in [0.2, 0.25) is 10.0 Å². The molecule has 4 aliphatic carbocycles. The summed E-state index contributed by atoms with van der Waals surface area (Å²) in [6.07, 6.45) is 22.5. The highest BCUT2D eigenvalue weighted by atomic mass is 35.5. The summed E-state index contributed by atoms with van der Waals surface area (Å²) in [6.45, 7) is 29.7. The van der Waals surface area contributed by atoms with E-state index in [-0.39, 0.29) is 81.4 Å². The van der Waals surface area contributed by atoms with E-state index in [1.165, 1.54) is 34.4 Å². The van der Waals surface area contributed by atoms with Gasteiger partial charge in [-0.3, -0.25) is 38.8 Å². The van der Waals surface area contributed by atoms with Gasteiger partial charge in [-0.25, -0.2) is 26.3 Å². The lowest BCUT2D eigenvalue weighted by molar-refractivity contribution is -0.132. The van der Waals surface area contributed by atoms with Crippen molar-refractivity contribution in [3.63, 3.8) is 0 Å². The van der Waals surface area contributed by atoms with Gasteiger partial charge in [0.25, 0.3) is 11.8 Å². The van der Waals surface area contributed by atoms with Crippen LogP contribution in [0.3, 0.4) is 0 Å². The van der Waals surface area contributed by atoms with E-state index in [1.54, 1.807) is 26.0 Å². The molecule has 6 fully saturated rings. The van der Waals surface area contributed by atoms with Crippen LogP contribution in [0.15, 0.2) is 122 Å². The monoisotopic (exact) mass is 1640 g/mol. The molecule has 4 aromatic carbocycles. The zero-order valence-electron chi connectivity index (χ0n) is 67.3. The molecular formula is C88H116Cl2N10O12S2. The van der Waals surface area contributed by atoms with Gasteiger partial charge in [-0.05, 0) is 221 Å². The van der Waals surface area contributed by atoms with Gasteiger partial charge in [-0.1, -0.05) is 86.6 Å². The summed E-state index contributed by atoms with van der Waals surface area (Å²) >= 11 is 13.0. The highest BCUT2D eigenvalue weighted by Gasteiger charge is 2.54. The molecule has 2 saturated carbocycles. The molecule has 16 rings (SSSR count). The lowest BCUT2D eigenvalue weighted by Gasteiger charge is -2.53. The first kappa shape index (κ1) is 82.3. The number of hydrogen-bond acceptors (Lipinski definition) is 18. The van der Waals surface area contributed by atoms with Crippen LogP contribution in [0.5, 0.6) is 11.5 Å². The van der Waals surface area contributed by atoms with E-state index in [9.17, 15) is 36.0 Å². The average molecular weight is 1640 g/mol. The zero-order valence-corrected chi connectivity index (χ0v) is 70.4. The SMILES string of the molecule is C=CC(=O)N1CCN2CCN(C[C@]3(OC)/C=C/C[C@H](C)[C@@H](C)S(=O)(=O)NC(=O)c4ccc5c(c4)N(C[C@@H]4CC[C@H]43)C[C@@]3(CCCc4cc(Cl)ccc43)CO5)CC2C1.C=CC(=O)N1CCN2CCN(C[C@]3(OC)/C=C/C[C@H](C)[C@@H](C)S(=O)(=O)NC(=O)c4ccc5c(c4)N(C[C@@H]4CC[C@H]43)C[C@@]3(CCCc4cc(Cl)ccc43)CO5)C[C@H]2C1. The van der Waals surface area contributed by atoms with E-state index >= 15 is 0 Å². The predicted octanol–water partition coefficient (Wildman–Crippen LogP) is 10.6. The maximum atomic E-state index is 13.7. The van der Waals surface area contributed by atoms with Crippen LogP contribution in [0, 0.1) is 35.5 Å². The molecule has 12 aliphatic rings. The normalized spacial score (nSPS) is 33.7. The van der Waals surface area contributed by atoms with E-state index in [4.69, 9.17) is 42.1 Å². The first-order valence-corrected chi connectivity index (χ1v) is 45.5. The molecule has 26 heteroatoms. The number of amides is 4. The summed E-state index contributed by atoms with van der Waals surface area (Å²) in [6, 6.07) is 23.6. The van der Waals surface area contributed by atoms with E-state index in [0.717, 1.165) is 164 Å². The first-order valence-electron chi connectivity index (χ1n) is 41.6. The lowest BCUT2D eigenvalue weighted by Crippen LogP contribution is -2.65. The topological polar surface area (TPSA) is 223 Å². The molecule has 8 heterocycles. The molecule has 2 spiro atoms. The number of fused-ring (bicyclic) bond motifs is 10. The molecule has 22 nitrogen and oxygen atoms in total. The summed E-state index contributed by atoms with van der Waals surface area (Å²) in [4.78, 5) is 71.3. The number of nitrogens with zero attached hydrogens (tertiary/aromatic N) is 8. The standard InChI is InChI=1S/2C44H58ClN5O6S/c2*1-5-41(51)49-21-20-48-19-18-47(25-36(48)26-49)28-44(55-4)17-6-8-30(2)31(3)57(53,54)46-42(52)33-11-15-40-39(23-33)50(24-34-10-13-38(34)44)27-43(29-56-40)16-7-9-32-22-35(45)12-14-37(32)43/h2*5-6,11-12,14-15,17,22-23,30-31,34,36,38H,1,7-10,13,16,18-21,24-29H2,2-4H3,(H,46,52)/b2*17-6+/t30-,31+,34-,36?,38+,43-,44+;30-,31+,34-,36-,38+,43-,44+/m00/s1. The van der Waals surface area contributed by atoms with Gasteiger partial charge < -0.3 is 38.5 Å². The van der Waals surface area contributed by atoms with Crippen LogP contribution in [-0.2, 0) is 62.8 Å². The molecule has 1 unspecified atom stereocenters. The number of ether oxygens (including phenoxy) is 4. The van der Waals surface area contributed by atoms with Gasteiger partial charge in [0.2, 0.25) is 31.9 Å². The quantitative estimate of drug-likeness (QED) is 0.124. The largest absolute Gasteiger partial charge is 0.490 e. The minimum atomic E-state index is -3.99. The lowest BCUT2D eigenvalue weighted by atomic mass is 9.63. The Labute approximate surface area is 685 Å². The van der Waals surface area contributed by atoms with Crippen LogP contribution in [0.1, 0.15) is 135 Å². The van der Waals surface area contributed by atoms with Crippen LogP contribution < -0.4 is 28.7 Å². The number of methoxy groups -OCH3 is 2. The summed E-state index contributed by atoms with van der Waals surface area (Å²) < 4.78 is 86.5. The van der Waals surface area contributed by atoms with Gasteiger partial charge >= 0.3 is 0 Å². The number of nitrogens with one attached hydrogen (secondary N) is 2. The molecule has 0 aromatic heterocycles. The van der Waals surface area contributed by atoms with Crippen LogP contribution in [-0.4, -0.2) is 249 Å². The third-order valence-corrected chi connectivity index (χ3v) is 33.0. The van der Waals surface area contributed by atoms with Gasteiger partial charge in [0.05, 0.1) is 35.1 Å². The molecule has 8 aliphatic heterocycles. The van der Waals surface area contributed by atoms with Crippen molar-refractivity contribution in [2.45, 2.75) is 149 Å². The van der Waals surface area contributed by atoms with Crippen molar-refractivity contribution in [1.82, 2.24) is 38.8 Å². The third-order valence-electron chi connectivity index (χ3n) is 28.7. The van der Waals surface area contributed by atoms with E-state index in [1.807, 2.05) is 74.3 Å². The van der Waals surface area contributed by atoms with Gasteiger partial charge in [0.15, 0.2) is 0 Å². The predicted molar refractivity (Wildman–Crippen MR) is 447 cm³/mol. The van der Waals surface area contributed by atoms with E-state index < -0.39 is 53.6 Å². The van der Waals surface area contributed by atoms with Gasteiger partial charge in [0, 0.05) is 176 Å². The molecule has 4 amide bonds. The fourth-order valence-electron chi connectivity index (χ4n) is 21.3. The summed E-state index contributed by atoms with van der Waals surface area (Å²) in [7, 11) is -4.34. The first-order chi connectivity index (χ1) is 54.7. The maximum absolute atomic E-state index is 13.7. The second-order valence-electron chi connectivity index (χ2n) is 35.2. The molecule has 4 saturated heterocycles. The minimum Gasteiger partial charge on any atom is -0.490 e. The number of aryl methyl sites for hydroxylation is 2. The Bertz CT molecular complexity index is 4340. The van der Waals surface area contributed by atoms with Gasteiger partial charge in [-0.2, -0.15) is 0 Å². The fraction of sp³-hybridized carbons (Fsp3) is 0.591. The number of hydrogen-bond donors (Lipinski definition) is 2. The minimum absolute atomic E-state index is 0.0160. The Kier molecular flexibility index (Phi) is 24.2. The number of carbonyl (C=O) groups excluding carboxylic acids is 4. The summed E-state index contributed by atoms with van der Waals surface area (Å²) in [5.74, 6) is 0.521. The van der Waals surface area contributed by atoms with Crippen molar-refractivity contribution in [1.29, 1.82) is 0 Å². The Morgan fingerprint density at radius 1 is 0.544 bits per heavy atom. The third kappa shape index (κ3) is 16.5. The number of allylic oxidation sites excluding steroid dienone is 2. The smallest absolute Gasteiger partial charge is 0.264 e. The average Bonchev–Trinajstić information content (AvgIpc) is 1.39. The van der Waals surface area contributed by atoms with Crippen LogP contribution >= 0.6 is 23.2 Å². The Morgan fingerprint density at radius 3 is 1.34 bits per heavy atom. The number of sulfonamides is 2. The van der Waals surface area contributed by atoms with Crippen molar-refractivity contribution in [3.8, 4) is 11.5 Å². The number of rotatable bonds is 8. The molecule has 0 radical (unpaired) electrons. The summed E-state index contributed by atoms with van der Waals surface area (Å²) in [5, 5.41) is -0.157. The number of carbonyl (C=O) groups is 4. The molecule has 2 N–H and O–H groups in total. The van der Waals surface area contributed by atoms with Crippen LogP contribution in [0.25, 0.3) is 0 Å². The number of anilines is 2. The Balaban J connectivity index is 0.000000180. The molecule has 4 bridgehead atoms. The Hall–Kier alpha value is -6.84. The summed E-state index contributed by atoms with van der Waals surface area (Å²) in [5.41, 5.74) is 5.39. The molecule has 14 atom stereocenters. The second-order valence-corrected chi connectivity index (χ2v) is 40.1. The number of benzene rings is 4. The van der Waals surface area contributed by atoms with Gasteiger partial charge in [-0.15, -0.1) is 0 Å². The zero-order chi connectivity index (χ0) is 80.2. The van der Waals surface area contributed by atoms with E-state index in [0.29, 0.717) is 76.8 Å². The van der Waals surface area contributed by atoms with Crippen LogP contribution in [0.4, 0.5) is 11.4 Å². The second kappa shape index (κ2) is 33.5. The maximum Gasteiger partial charge on any atom is 0.264 e. The highest BCUT2D eigenvalue weighted by molar-refractivity contribution is 7.91.